The minimum Gasteiger partial charge on any atom is -0.493 e. The van der Waals surface area contributed by atoms with Gasteiger partial charge in [-0.3, -0.25) is 14.4 Å². The van der Waals surface area contributed by atoms with E-state index < -0.39 is 37.5 Å². The predicted molar refractivity (Wildman–Crippen MR) is 163 cm³/mol. The van der Waals surface area contributed by atoms with Crippen LogP contribution in [-0.4, -0.2) is 66.0 Å². The quantitative estimate of drug-likeness (QED) is 0.0761. The maximum absolute atomic E-state index is 15.4. The molecule has 0 atom stereocenters. The second-order valence-electron chi connectivity index (χ2n) is 10.2. The van der Waals surface area contributed by atoms with Crippen molar-refractivity contribution in [2.75, 3.05) is 33.6 Å². The van der Waals surface area contributed by atoms with Crippen LogP contribution in [-0.2, 0) is 4.79 Å². The first kappa shape index (κ1) is 32.6. The Labute approximate surface area is 255 Å². The number of benzene rings is 2. The number of rotatable bonds is 15. The van der Waals surface area contributed by atoms with E-state index in [4.69, 9.17) is 28.7 Å². The Morgan fingerprint density at radius 1 is 0.860 bits per heavy atom. The van der Waals surface area contributed by atoms with E-state index in [-0.39, 0.29) is 47.2 Å². The number of halogens is 1. The van der Waals surface area contributed by atoms with E-state index in [1.54, 1.807) is 24.3 Å². The number of carboxylic acid groups (broad SMARTS) is 1. The third-order valence-corrected chi connectivity index (χ3v) is 9.35. The number of carbonyl (C=O) groups excluding carboxylic acids is 2. The minimum atomic E-state index is -2.40. The highest BCUT2D eigenvalue weighted by Crippen LogP contribution is 2.41. The van der Waals surface area contributed by atoms with Crippen molar-refractivity contribution >= 4 is 68.8 Å². The second kappa shape index (κ2) is 13.5. The molecule has 0 aliphatic rings. The van der Waals surface area contributed by atoms with E-state index in [0.717, 1.165) is 21.4 Å². The van der Waals surface area contributed by atoms with Crippen molar-refractivity contribution in [1.29, 1.82) is 0 Å². The maximum Gasteiger partial charge on any atom is 0.309 e. The number of hydrogen-bond acceptors (Lipinski definition) is 11. The van der Waals surface area contributed by atoms with Crippen molar-refractivity contribution in [2.24, 2.45) is 5.41 Å². The smallest absolute Gasteiger partial charge is 0.309 e. The molecule has 0 aliphatic carbocycles. The van der Waals surface area contributed by atoms with Crippen molar-refractivity contribution in [1.82, 2.24) is 0 Å². The Hall–Kier alpha value is -3.35. The number of thiophene rings is 2. The van der Waals surface area contributed by atoms with Gasteiger partial charge < -0.3 is 33.8 Å². The zero-order valence-corrected chi connectivity index (χ0v) is 26.3. The Morgan fingerprint density at radius 3 is 2.14 bits per heavy atom. The molecule has 0 radical (unpaired) electrons. The summed E-state index contributed by atoms with van der Waals surface area (Å²) in [5.74, 6) is -1.55. The average molecular weight is 653 g/mol. The summed E-state index contributed by atoms with van der Waals surface area (Å²) in [5.41, 5.74) is -1.18. The first-order valence-electron chi connectivity index (χ1n) is 13.0. The van der Waals surface area contributed by atoms with Crippen molar-refractivity contribution < 1.29 is 52.6 Å². The summed E-state index contributed by atoms with van der Waals surface area (Å²) in [7, 11) is 0.466. The number of ether oxygens (including phenoxy) is 4. The molecule has 43 heavy (non-hydrogen) atoms. The molecular formula is C29H30FO10PS2. The molecule has 4 rings (SSSR count). The molecule has 0 unspecified atom stereocenters. The first-order valence-corrected chi connectivity index (χ1v) is 16.0. The number of fused-ring (bicyclic) bond motifs is 2. The Kier molecular flexibility index (Phi) is 10.2. The highest BCUT2D eigenvalue weighted by molar-refractivity contribution is 7.46. The number of aliphatic carboxylic acids is 1. The molecule has 3 N–H and O–H groups in total. The van der Waals surface area contributed by atoms with E-state index in [1.165, 1.54) is 45.5 Å². The average Bonchev–Trinajstić information content (AvgIpc) is 3.57. The SMILES string of the molecule is COc1cc2sc(C(=O)CC(C)(C)C(=O)O)cc2cc1OCCCOc1c(OC)cc2sc(C(=O)CP(O)O)cc2c1F. The van der Waals surface area contributed by atoms with Gasteiger partial charge in [0.25, 0.3) is 0 Å². The lowest BCUT2D eigenvalue weighted by Gasteiger charge is -2.16. The van der Waals surface area contributed by atoms with Gasteiger partial charge in [-0.25, -0.2) is 4.39 Å². The highest BCUT2D eigenvalue weighted by Gasteiger charge is 2.31. The van der Waals surface area contributed by atoms with Gasteiger partial charge in [0.05, 0.1) is 48.8 Å². The fraction of sp³-hybridized carbons (Fsp3) is 0.345. The molecule has 14 heteroatoms. The van der Waals surface area contributed by atoms with Crippen LogP contribution >= 0.6 is 31.0 Å². The third-order valence-electron chi connectivity index (χ3n) is 6.51. The van der Waals surface area contributed by atoms with Crippen molar-refractivity contribution in [2.45, 2.75) is 26.7 Å². The Balaban J connectivity index is 1.42. The molecule has 2 aromatic carbocycles. The van der Waals surface area contributed by atoms with Gasteiger partial charge in [-0.15, -0.1) is 22.7 Å². The van der Waals surface area contributed by atoms with E-state index in [9.17, 15) is 19.5 Å². The monoisotopic (exact) mass is 652 g/mol. The van der Waals surface area contributed by atoms with Gasteiger partial charge in [0.2, 0.25) is 0 Å². The van der Waals surface area contributed by atoms with Crippen LogP contribution in [0.4, 0.5) is 4.39 Å². The van der Waals surface area contributed by atoms with Crippen molar-refractivity contribution in [3.63, 3.8) is 0 Å². The standard InChI is InChI=1S/C29H30FO10PS2/c1-29(2,28(33)34)13-17(31)24-9-15-8-20(19(37-3)11-22(15)42-24)39-6-5-7-40-27-21(38-4)12-23-16(26(27)30)10-25(43-23)18(32)14-41(35)36/h8-12,35-36H,5-7,13-14H2,1-4H3,(H,33,34). The molecule has 0 bridgehead atoms. The van der Waals surface area contributed by atoms with Crippen molar-refractivity contribution in [3.8, 4) is 23.0 Å². The van der Waals surface area contributed by atoms with Crippen LogP contribution in [0.2, 0.25) is 0 Å². The zero-order chi connectivity index (χ0) is 31.5. The van der Waals surface area contributed by atoms with Gasteiger partial charge in [0, 0.05) is 39.8 Å². The maximum atomic E-state index is 15.4. The molecule has 0 spiro atoms. The molecule has 0 fully saturated rings. The van der Waals surface area contributed by atoms with Crippen LogP contribution < -0.4 is 18.9 Å². The molecule has 230 valence electrons. The number of Topliss-reactive ketones (excluding diaryl/α,β-unsaturated/α-hetero) is 2. The van der Waals surface area contributed by atoms with Crippen LogP contribution in [0.25, 0.3) is 20.2 Å². The second-order valence-corrected chi connectivity index (χ2v) is 13.4. The number of methoxy groups -OCH3 is 2. The Bertz CT molecular complexity index is 1680. The van der Waals surface area contributed by atoms with Crippen LogP contribution in [0.15, 0.2) is 30.3 Å². The lowest BCUT2D eigenvalue weighted by Crippen LogP contribution is -2.26. The number of hydrogen-bond donors (Lipinski definition) is 3. The summed E-state index contributed by atoms with van der Waals surface area (Å²) >= 11 is 2.28. The molecule has 0 saturated heterocycles. The molecule has 4 aromatic rings. The molecule has 2 heterocycles. The summed E-state index contributed by atoms with van der Waals surface area (Å²) in [6.07, 6.45) is -0.198. The predicted octanol–water partition coefficient (Wildman–Crippen LogP) is 6.28. The van der Waals surface area contributed by atoms with Crippen LogP contribution in [0.5, 0.6) is 23.0 Å². The van der Waals surface area contributed by atoms with E-state index in [0.29, 0.717) is 27.5 Å². The zero-order valence-electron chi connectivity index (χ0n) is 23.8. The summed E-state index contributed by atoms with van der Waals surface area (Å²) in [5, 5.41) is 10.3. The fourth-order valence-corrected chi connectivity index (χ4v) is 6.73. The fourth-order valence-electron chi connectivity index (χ4n) is 4.17. The minimum absolute atomic E-state index is 0.0784. The van der Waals surface area contributed by atoms with E-state index in [2.05, 4.69) is 0 Å². The normalized spacial score (nSPS) is 11.7. The summed E-state index contributed by atoms with van der Waals surface area (Å²) < 4.78 is 39.0. The van der Waals surface area contributed by atoms with Gasteiger partial charge in [-0.2, -0.15) is 0 Å². The molecule has 0 amide bonds. The first-order chi connectivity index (χ1) is 20.3. The van der Waals surface area contributed by atoms with E-state index in [1.807, 2.05) is 0 Å². The Morgan fingerprint density at radius 2 is 1.49 bits per heavy atom. The lowest BCUT2D eigenvalue weighted by molar-refractivity contribution is -0.146. The molecule has 10 nitrogen and oxygen atoms in total. The lowest BCUT2D eigenvalue weighted by atomic mass is 9.87. The molecule has 2 aromatic heterocycles. The number of carboxylic acids is 1. The summed E-state index contributed by atoms with van der Waals surface area (Å²) in [6, 6.07) is 8.13. The number of ketones is 2. The molecular weight excluding hydrogens is 622 g/mol. The largest absolute Gasteiger partial charge is 0.493 e. The van der Waals surface area contributed by atoms with E-state index >= 15 is 4.39 Å². The van der Waals surface area contributed by atoms with Gasteiger partial charge in [0.1, 0.15) is 0 Å². The van der Waals surface area contributed by atoms with Crippen molar-refractivity contribution in [3.05, 3.63) is 45.9 Å². The van der Waals surface area contributed by atoms with Gasteiger partial charge in [-0.1, -0.05) is 0 Å². The third kappa shape index (κ3) is 7.42. The van der Waals surface area contributed by atoms with Crippen LogP contribution in [0, 0.1) is 11.2 Å². The highest BCUT2D eigenvalue weighted by atomic mass is 32.1. The molecule has 0 saturated carbocycles. The van der Waals surface area contributed by atoms with Crippen LogP contribution in [0.1, 0.15) is 46.0 Å². The van der Waals surface area contributed by atoms with Gasteiger partial charge in [-0.05, 0) is 37.4 Å². The molecule has 0 aliphatic heterocycles. The summed E-state index contributed by atoms with van der Waals surface area (Å²) in [6.45, 7) is 3.29. The van der Waals surface area contributed by atoms with Gasteiger partial charge in [0.15, 0.2) is 48.8 Å². The number of carbonyl (C=O) groups is 3. The topological polar surface area (TPSA) is 149 Å². The van der Waals surface area contributed by atoms with Gasteiger partial charge >= 0.3 is 5.97 Å². The van der Waals surface area contributed by atoms with Crippen LogP contribution in [0.3, 0.4) is 0 Å². The summed E-state index contributed by atoms with van der Waals surface area (Å²) in [4.78, 5) is 55.3.